The van der Waals surface area contributed by atoms with Gasteiger partial charge in [-0.2, -0.15) is 16.6 Å². The molecule has 0 aliphatic heterocycles. The zero-order valence-electron chi connectivity index (χ0n) is 5.51. The van der Waals surface area contributed by atoms with Gasteiger partial charge in [-0.05, 0) is 23.8 Å². The predicted molar refractivity (Wildman–Crippen MR) is 41.5 cm³/mol. The molecule has 10 heavy (non-hydrogen) atoms. The maximum Gasteiger partial charge on any atom is 0.152 e. The van der Waals surface area contributed by atoms with Gasteiger partial charge in [0.25, 0.3) is 0 Å². The van der Waals surface area contributed by atoms with Crippen molar-refractivity contribution in [1.82, 2.24) is 0 Å². The molecule has 0 saturated heterocycles. The topological polar surface area (TPSA) is 23.8 Å². The standard InChI is InChI=1S/C8H5NS/c1-7-5-10-6-8(7)3-2-4-9/h5-6H,1H3. The van der Waals surface area contributed by atoms with Crippen molar-refractivity contribution in [3.05, 3.63) is 21.9 Å². The van der Waals surface area contributed by atoms with Crippen LogP contribution in [0.4, 0.5) is 0 Å². The van der Waals surface area contributed by atoms with Gasteiger partial charge in [-0.3, -0.25) is 0 Å². The van der Waals surface area contributed by atoms with Crippen LogP contribution in [0, 0.1) is 30.1 Å². The average molecular weight is 147 g/mol. The van der Waals surface area contributed by atoms with E-state index >= 15 is 0 Å². The smallest absolute Gasteiger partial charge is 0.152 e. The molecule has 2 heteroatoms. The molecule has 0 aromatic carbocycles. The Hall–Kier alpha value is -1.25. The van der Waals surface area contributed by atoms with Gasteiger partial charge in [-0.1, -0.05) is 0 Å². The highest BCUT2D eigenvalue weighted by atomic mass is 32.1. The van der Waals surface area contributed by atoms with Gasteiger partial charge in [0.05, 0.1) is 0 Å². The summed E-state index contributed by atoms with van der Waals surface area (Å²) in [6.07, 6.45) is 0. The predicted octanol–water partition coefficient (Wildman–Crippen LogP) is 1.93. The highest BCUT2D eigenvalue weighted by molar-refractivity contribution is 7.08. The minimum absolute atomic E-state index is 0.964. The minimum Gasteiger partial charge on any atom is -0.183 e. The SMILES string of the molecule is Cc1cscc1C#CC#N. The summed E-state index contributed by atoms with van der Waals surface area (Å²) in [5, 5.41) is 12.1. The molecule has 48 valence electrons. The fourth-order valence-corrected chi connectivity index (χ4v) is 1.36. The highest BCUT2D eigenvalue weighted by Gasteiger charge is 1.91. The maximum absolute atomic E-state index is 8.14. The van der Waals surface area contributed by atoms with Gasteiger partial charge in [0.1, 0.15) is 0 Å². The van der Waals surface area contributed by atoms with Crippen molar-refractivity contribution in [3.8, 4) is 17.9 Å². The molecule has 1 aromatic heterocycles. The van der Waals surface area contributed by atoms with Gasteiger partial charge in [0.2, 0.25) is 0 Å². The number of hydrogen-bond acceptors (Lipinski definition) is 2. The molecule has 0 spiro atoms. The third-order valence-corrected chi connectivity index (χ3v) is 1.97. The van der Waals surface area contributed by atoms with Crippen LogP contribution in [0.3, 0.4) is 0 Å². The molecule has 0 unspecified atom stereocenters. The Bertz CT molecular complexity index is 319. The van der Waals surface area contributed by atoms with Crippen molar-refractivity contribution in [2.24, 2.45) is 0 Å². The molecular formula is C8H5NS. The first kappa shape index (κ1) is 6.86. The van der Waals surface area contributed by atoms with Gasteiger partial charge >= 0.3 is 0 Å². The van der Waals surface area contributed by atoms with Crippen LogP contribution in [0.25, 0.3) is 0 Å². The highest BCUT2D eigenvalue weighted by Crippen LogP contribution is 2.11. The van der Waals surface area contributed by atoms with Gasteiger partial charge in [-0.15, -0.1) is 0 Å². The first-order valence-electron chi connectivity index (χ1n) is 2.77. The van der Waals surface area contributed by atoms with Gasteiger partial charge < -0.3 is 0 Å². The van der Waals surface area contributed by atoms with Crippen molar-refractivity contribution in [1.29, 1.82) is 5.26 Å². The van der Waals surface area contributed by atoms with Crippen LogP contribution in [0.1, 0.15) is 11.1 Å². The number of rotatable bonds is 0. The Morgan fingerprint density at radius 2 is 2.30 bits per heavy atom. The Kier molecular flexibility index (Phi) is 2.10. The van der Waals surface area contributed by atoms with Crippen LogP contribution in [0.2, 0.25) is 0 Å². The molecule has 0 atom stereocenters. The average Bonchev–Trinajstić information content (AvgIpc) is 2.31. The van der Waals surface area contributed by atoms with Crippen LogP contribution >= 0.6 is 11.3 Å². The molecule has 0 amide bonds. The lowest BCUT2D eigenvalue weighted by atomic mass is 10.2. The number of nitriles is 1. The number of thiophene rings is 1. The first-order valence-corrected chi connectivity index (χ1v) is 3.72. The van der Waals surface area contributed by atoms with Crippen molar-refractivity contribution in [2.45, 2.75) is 6.92 Å². The summed E-state index contributed by atoms with van der Waals surface area (Å²) >= 11 is 1.60. The molecule has 1 rings (SSSR count). The Balaban J connectivity index is 2.97. The molecule has 0 fully saturated rings. The van der Waals surface area contributed by atoms with E-state index in [1.54, 1.807) is 17.4 Å². The maximum atomic E-state index is 8.14. The molecule has 0 aliphatic rings. The van der Waals surface area contributed by atoms with E-state index in [4.69, 9.17) is 5.26 Å². The summed E-state index contributed by atoms with van der Waals surface area (Å²) in [6.45, 7) is 1.98. The number of nitrogens with zero attached hydrogens (tertiary/aromatic N) is 1. The zero-order chi connectivity index (χ0) is 7.40. The van der Waals surface area contributed by atoms with E-state index in [9.17, 15) is 0 Å². The second-order valence-corrected chi connectivity index (χ2v) is 2.57. The second kappa shape index (κ2) is 3.06. The zero-order valence-corrected chi connectivity index (χ0v) is 6.33. The van der Waals surface area contributed by atoms with Crippen molar-refractivity contribution in [3.63, 3.8) is 0 Å². The van der Waals surface area contributed by atoms with E-state index in [2.05, 4.69) is 11.8 Å². The lowest BCUT2D eigenvalue weighted by Gasteiger charge is -1.80. The van der Waals surface area contributed by atoms with Crippen LogP contribution in [0.5, 0.6) is 0 Å². The summed E-state index contributed by atoms with van der Waals surface area (Å²) in [5.41, 5.74) is 2.11. The van der Waals surface area contributed by atoms with E-state index in [0.717, 1.165) is 11.1 Å². The molecule has 0 saturated carbocycles. The molecule has 1 nitrogen and oxygen atoms in total. The van der Waals surface area contributed by atoms with E-state index in [-0.39, 0.29) is 0 Å². The van der Waals surface area contributed by atoms with Crippen LogP contribution in [-0.4, -0.2) is 0 Å². The third-order valence-electron chi connectivity index (χ3n) is 1.11. The quantitative estimate of drug-likeness (QED) is 0.514. The molecule has 0 radical (unpaired) electrons. The Morgan fingerprint density at radius 1 is 1.50 bits per heavy atom. The summed E-state index contributed by atoms with van der Waals surface area (Å²) in [6, 6.07) is 1.78. The van der Waals surface area contributed by atoms with Gasteiger partial charge in [0.15, 0.2) is 6.07 Å². The Morgan fingerprint density at radius 3 is 2.80 bits per heavy atom. The fourth-order valence-electron chi connectivity index (χ4n) is 0.584. The summed E-state index contributed by atoms with van der Waals surface area (Å²) in [4.78, 5) is 0. The lowest BCUT2D eigenvalue weighted by molar-refractivity contribution is 1.51. The first-order chi connectivity index (χ1) is 4.84. The van der Waals surface area contributed by atoms with Gasteiger partial charge in [0, 0.05) is 16.9 Å². The van der Waals surface area contributed by atoms with E-state index in [1.807, 2.05) is 17.7 Å². The third kappa shape index (κ3) is 1.37. The molecule has 1 aromatic rings. The van der Waals surface area contributed by atoms with Crippen LogP contribution in [0.15, 0.2) is 10.8 Å². The summed E-state index contributed by atoms with van der Waals surface area (Å²) in [5.74, 6) is 5.10. The Labute approximate surface area is 63.9 Å². The second-order valence-electron chi connectivity index (χ2n) is 1.83. The van der Waals surface area contributed by atoms with Crippen molar-refractivity contribution >= 4 is 11.3 Å². The number of hydrogen-bond donors (Lipinski definition) is 0. The number of aryl methyl sites for hydroxylation is 1. The largest absolute Gasteiger partial charge is 0.183 e. The molecule has 0 aliphatic carbocycles. The summed E-state index contributed by atoms with van der Waals surface area (Å²) < 4.78 is 0. The molecule has 0 bridgehead atoms. The van der Waals surface area contributed by atoms with Gasteiger partial charge in [-0.25, -0.2) is 0 Å². The van der Waals surface area contributed by atoms with E-state index in [0.29, 0.717) is 0 Å². The molecule has 1 heterocycles. The summed E-state index contributed by atoms with van der Waals surface area (Å²) in [7, 11) is 0. The van der Waals surface area contributed by atoms with E-state index < -0.39 is 0 Å². The monoisotopic (exact) mass is 147 g/mol. The molecule has 0 N–H and O–H groups in total. The van der Waals surface area contributed by atoms with Crippen molar-refractivity contribution < 1.29 is 0 Å². The lowest BCUT2D eigenvalue weighted by Crippen LogP contribution is -1.69. The van der Waals surface area contributed by atoms with Crippen LogP contribution < -0.4 is 0 Å². The normalized spacial score (nSPS) is 7.60. The van der Waals surface area contributed by atoms with Crippen LogP contribution in [-0.2, 0) is 0 Å². The molecular weight excluding hydrogens is 142 g/mol. The fraction of sp³-hybridized carbons (Fsp3) is 0.125. The van der Waals surface area contributed by atoms with Crippen molar-refractivity contribution in [2.75, 3.05) is 0 Å². The van der Waals surface area contributed by atoms with E-state index in [1.165, 1.54) is 0 Å². The minimum atomic E-state index is 0.964.